The minimum atomic E-state index is -4.43. The first-order valence-electron chi connectivity index (χ1n) is 12.0. The number of anilines is 1. The Hall–Kier alpha value is -3.66. The van der Waals surface area contributed by atoms with E-state index in [9.17, 15) is 18.0 Å². The molecule has 10 heteroatoms. The Morgan fingerprint density at radius 2 is 1.70 bits per heavy atom. The van der Waals surface area contributed by atoms with Gasteiger partial charge < -0.3 is 19.4 Å². The molecule has 1 aliphatic rings. The maximum absolute atomic E-state index is 13.4. The lowest BCUT2D eigenvalue weighted by Gasteiger charge is -2.37. The third-order valence-corrected chi connectivity index (χ3v) is 6.25. The topological polar surface area (TPSA) is 61.8 Å². The van der Waals surface area contributed by atoms with Gasteiger partial charge in [0.1, 0.15) is 5.82 Å². The number of aromatic nitrogens is 2. The van der Waals surface area contributed by atoms with E-state index in [1.54, 1.807) is 37.1 Å². The molecule has 0 aliphatic carbocycles. The summed E-state index contributed by atoms with van der Waals surface area (Å²) in [6.45, 7) is 2.26. The average molecular weight is 514 g/mol. The summed E-state index contributed by atoms with van der Waals surface area (Å²) in [5, 5.41) is 0. The van der Waals surface area contributed by atoms with E-state index < -0.39 is 11.7 Å². The van der Waals surface area contributed by atoms with Gasteiger partial charge in [-0.25, -0.2) is 14.8 Å². The number of hydrogen-bond donors (Lipinski definition) is 0. The molecule has 37 heavy (non-hydrogen) atoms. The zero-order chi connectivity index (χ0) is 26.6. The molecule has 0 atom stereocenters. The zero-order valence-corrected chi connectivity index (χ0v) is 21.1. The maximum atomic E-state index is 13.4. The van der Waals surface area contributed by atoms with E-state index in [2.05, 4.69) is 4.90 Å². The normalized spacial score (nSPS) is 14.1. The van der Waals surface area contributed by atoms with Crippen molar-refractivity contribution in [1.29, 1.82) is 0 Å². The second kappa shape index (κ2) is 11.2. The van der Waals surface area contributed by atoms with Gasteiger partial charge in [0.05, 0.1) is 17.9 Å². The Kier molecular flexibility index (Phi) is 7.97. The average Bonchev–Trinajstić information content (AvgIpc) is 2.89. The van der Waals surface area contributed by atoms with Crippen molar-refractivity contribution >= 4 is 11.8 Å². The second-order valence-corrected chi connectivity index (χ2v) is 9.12. The minimum Gasteiger partial charge on any atom is -0.378 e. The number of amides is 2. The summed E-state index contributed by atoms with van der Waals surface area (Å²) in [6, 6.07) is 14.8. The van der Waals surface area contributed by atoms with Gasteiger partial charge in [-0.05, 0) is 11.6 Å². The molecule has 7 nitrogen and oxygen atoms in total. The molecule has 4 rings (SSSR count). The van der Waals surface area contributed by atoms with E-state index in [0.29, 0.717) is 54.6 Å². The standard InChI is InChI=1S/C27H30F3N5O2/c1-33(2)26(36)35-14-12-34(13-15-35)25-22(17-19-8-7-11-21(16-19)27(28,29)30)23(18-37-3)31-24(32-25)20-9-5-4-6-10-20/h4-11,16H,12-15,17-18H2,1-3H3. The Morgan fingerprint density at radius 3 is 2.32 bits per heavy atom. The van der Waals surface area contributed by atoms with Gasteiger partial charge in [-0.2, -0.15) is 13.2 Å². The molecule has 0 saturated carbocycles. The molecule has 2 aromatic carbocycles. The molecule has 1 saturated heterocycles. The molecule has 3 aromatic rings. The fraction of sp³-hybridized carbons (Fsp3) is 0.370. The summed E-state index contributed by atoms with van der Waals surface area (Å²) in [4.78, 5) is 27.5. The molecule has 0 radical (unpaired) electrons. The van der Waals surface area contributed by atoms with Gasteiger partial charge in [0.15, 0.2) is 5.82 Å². The van der Waals surface area contributed by atoms with Crippen LogP contribution in [0.1, 0.15) is 22.4 Å². The van der Waals surface area contributed by atoms with Crippen LogP contribution < -0.4 is 4.90 Å². The first-order chi connectivity index (χ1) is 17.7. The van der Waals surface area contributed by atoms with E-state index in [0.717, 1.165) is 11.6 Å². The van der Waals surface area contributed by atoms with Crippen molar-refractivity contribution in [2.45, 2.75) is 19.2 Å². The zero-order valence-electron chi connectivity index (χ0n) is 21.1. The van der Waals surface area contributed by atoms with Crippen molar-refractivity contribution in [3.05, 3.63) is 77.0 Å². The number of ether oxygens (including phenoxy) is 1. The molecule has 1 aliphatic heterocycles. The summed E-state index contributed by atoms with van der Waals surface area (Å²) in [5.41, 5.74) is 1.97. The number of benzene rings is 2. The molecule has 1 fully saturated rings. The van der Waals surface area contributed by atoms with E-state index in [1.807, 2.05) is 30.3 Å². The van der Waals surface area contributed by atoms with Crippen LogP contribution in [0.25, 0.3) is 11.4 Å². The lowest BCUT2D eigenvalue weighted by molar-refractivity contribution is -0.137. The monoisotopic (exact) mass is 513 g/mol. The van der Waals surface area contributed by atoms with Gasteiger partial charge in [-0.1, -0.05) is 48.5 Å². The molecule has 0 unspecified atom stereocenters. The SMILES string of the molecule is COCc1nc(-c2ccccc2)nc(N2CCN(C(=O)N(C)C)CC2)c1Cc1cccc(C(F)(F)F)c1. The first kappa shape index (κ1) is 26.4. The highest BCUT2D eigenvalue weighted by molar-refractivity contribution is 5.74. The van der Waals surface area contributed by atoms with Crippen molar-refractivity contribution in [2.75, 3.05) is 52.3 Å². The van der Waals surface area contributed by atoms with Crippen LogP contribution in [0.3, 0.4) is 0 Å². The predicted molar refractivity (Wildman–Crippen MR) is 135 cm³/mol. The summed E-state index contributed by atoms with van der Waals surface area (Å²) >= 11 is 0. The van der Waals surface area contributed by atoms with Gasteiger partial charge in [-0.15, -0.1) is 0 Å². The molecule has 0 spiro atoms. The van der Waals surface area contributed by atoms with E-state index in [1.165, 1.54) is 12.1 Å². The van der Waals surface area contributed by atoms with Crippen LogP contribution in [-0.4, -0.2) is 73.2 Å². The number of methoxy groups -OCH3 is 1. The number of alkyl halides is 3. The number of urea groups is 1. The van der Waals surface area contributed by atoms with Gasteiger partial charge in [0, 0.05) is 64.9 Å². The highest BCUT2D eigenvalue weighted by Crippen LogP contribution is 2.32. The summed E-state index contributed by atoms with van der Waals surface area (Å²) in [6.07, 6.45) is -4.22. The first-order valence-corrected chi connectivity index (χ1v) is 12.0. The van der Waals surface area contributed by atoms with Crippen molar-refractivity contribution in [1.82, 2.24) is 19.8 Å². The number of halogens is 3. The number of carbonyl (C=O) groups is 1. The molecule has 0 bridgehead atoms. The number of piperazine rings is 1. The highest BCUT2D eigenvalue weighted by Gasteiger charge is 2.31. The fourth-order valence-electron chi connectivity index (χ4n) is 4.39. The lowest BCUT2D eigenvalue weighted by atomic mass is 10.0. The predicted octanol–water partition coefficient (Wildman–Crippen LogP) is 4.70. The minimum absolute atomic E-state index is 0.0587. The quantitative estimate of drug-likeness (QED) is 0.478. The van der Waals surface area contributed by atoms with Crippen LogP contribution in [0.2, 0.25) is 0 Å². The second-order valence-electron chi connectivity index (χ2n) is 9.12. The Labute approximate surface area is 214 Å². The molecular formula is C27H30F3N5O2. The van der Waals surface area contributed by atoms with Crippen LogP contribution in [0.15, 0.2) is 54.6 Å². The molecule has 2 amide bonds. The smallest absolute Gasteiger partial charge is 0.378 e. The maximum Gasteiger partial charge on any atom is 0.416 e. The lowest BCUT2D eigenvalue weighted by Crippen LogP contribution is -2.52. The van der Waals surface area contributed by atoms with Crippen molar-refractivity contribution in [3.63, 3.8) is 0 Å². The summed E-state index contributed by atoms with van der Waals surface area (Å²) in [7, 11) is 4.99. The molecule has 2 heterocycles. The Balaban J connectivity index is 1.76. The summed E-state index contributed by atoms with van der Waals surface area (Å²) < 4.78 is 45.6. The Bertz CT molecular complexity index is 1230. The van der Waals surface area contributed by atoms with Crippen molar-refractivity contribution in [2.24, 2.45) is 0 Å². The van der Waals surface area contributed by atoms with Gasteiger partial charge in [0.2, 0.25) is 0 Å². The van der Waals surface area contributed by atoms with Gasteiger partial charge in [-0.3, -0.25) is 0 Å². The summed E-state index contributed by atoms with van der Waals surface area (Å²) in [5.74, 6) is 1.16. The molecular weight excluding hydrogens is 483 g/mol. The van der Waals surface area contributed by atoms with Gasteiger partial charge in [0.25, 0.3) is 0 Å². The van der Waals surface area contributed by atoms with Crippen molar-refractivity contribution in [3.8, 4) is 11.4 Å². The van der Waals surface area contributed by atoms with Crippen LogP contribution in [0.4, 0.5) is 23.8 Å². The van der Waals surface area contributed by atoms with Crippen LogP contribution in [-0.2, 0) is 23.9 Å². The van der Waals surface area contributed by atoms with Crippen molar-refractivity contribution < 1.29 is 22.7 Å². The number of rotatable bonds is 6. The third kappa shape index (κ3) is 6.19. The van der Waals surface area contributed by atoms with Crippen LogP contribution in [0, 0.1) is 0 Å². The molecule has 196 valence electrons. The molecule has 1 aromatic heterocycles. The van der Waals surface area contributed by atoms with Gasteiger partial charge >= 0.3 is 12.2 Å². The Morgan fingerprint density at radius 1 is 1.00 bits per heavy atom. The fourth-order valence-corrected chi connectivity index (χ4v) is 4.39. The largest absolute Gasteiger partial charge is 0.416 e. The van der Waals surface area contributed by atoms with Crippen LogP contribution in [0.5, 0.6) is 0 Å². The molecule has 0 N–H and O–H groups in total. The number of carbonyl (C=O) groups excluding carboxylic acids is 1. The number of hydrogen-bond acceptors (Lipinski definition) is 5. The highest BCUT2D eigenvalue weighted by atomic mass is 19.4. The van der Waals surface area contributed by atoms with Crippen LogP contribution >= 0.6 is 0 Å². The van der Waals surface area contributed by atoms with E-state index in [-0.39, 0.29) is 19.1 Å². The third-order valence-electron chi connectivity index (χ3n) is 6.25. The number of nitrogens with zero attached hydrogens (tertiary/aromatic N) is 5. The van der Waals surface area contributed by atoms with E-state index in [4.69, 9.17) is 14.7 Å². The van der Waals surface area contributed by atoms with E-state index >= 15 is 0 Å².